The standard InChI is InChI=1S/C26H24N6O5S/c1-15(33)30-26-29-14-19(38-26)21-22-20(18(37-2)13-28-21)17(12-27-22)23(34)25(36)32-10-8-31(9-11-32)24(35)16-6-4-3-5-7-16/h3-7,12-14,27H,8-11H2,1-2H3,(H,29,30,33). The number of fused-ring (bicyclic) bond motifs is 1. The van der Waals surface area contributed by atoms with E-state index in [2.05, 4.69) is 20.3 Å². The Morgan fingerprint density at radius 1 is 1.00 bits per heavy atom. The van der Waals surface area contributed by atoms with Crippen molar-refractivity contribution in [3.05, 3.63) is 60.0 Å². The first-order valence-corrected chi connectivity index (χ1v) is 12.6. The van der Waals surface area contributed by atoms with Crippen LogP contribution in [0, 0.1) is 0 Å². The number of nitrogens with zero attached hydrogens (tertiary/aromatic N) is 4. The third kappa shape index (κ3) is 4.73. The van der Waals surface area contributed by atoms with E-state index in [-0.39, 0.29) is 30.5 Å². The highest BCUT2D eigenvalue weighted by Gasteiger charge is 2.31. The van der Waals surface area contributed by atoms with Gasteiger partial charge in [-0.15, -0.1) is 0 Å². The Morgan fingerprint density at radius 2 is 1.71 bits per heavy atom. The predicted octanol–water partition coefficient (Wildman–Crippen LogP) is 2.82. The number of hydrogen-bond donors (Lipinski definition) is 2. The van der Waals surface area contributed by atoms with Gasteiger partial charge in [0.25, 0.3) is 17.6 Å². The van der Waals surface area contributed by atoms with Gasteiger partial charge in [-0.05, 0) is 12.1 Å². The van der Waals surface area contributed by atoms with Gasteiger partial charge in [-0.3, -0.25) is 19.2 Å². The number of nitrogens with one attached hydrogen (secondary N) is 2. The lowest BCUT2D eigenvalue weighted by Gasteiger charge is -2.34. The van der Waals surface area contributed by atoms with Gasteiger partial charge in [0.05, 0.1) is 34.7 Å². The van der Waals surface area contributed by atoms with Gasteiger partial charge in [0.1, 0.15) is 11.4 Å². The summed E-state index contributed by atoms with van der Waals surface area (Å²) in [5.74, 6) is -1.34. The Kier molecular flexibility index (Phi) is 6.88. The van der Waals surface area contributed by atoms with Crippen molar-refractivity contribution in [2.24, 2.45) is 0 Å². The molecule has 1 aliphatic rings. The van der Waals surface area contributed by atoms with E-state index in [1.807, 2.05) is 6.07 Å². The van der Waals surface area contributed by atoms with E-state index in [4.69, 9.17) is 4.74 Å². The third-order valence-corrected chi connectivity index (χ3v) is 7.15. The van der Waals surface area contributed by atoms with Crippen LogP contribution >= 0.6 is 11.3 Å². The first-order chi connectivity index (χ1) is 18.4. The molecular formula is C26H24N6O5S. The van der Waals surface area contributed by atoms with Crippen LogP contribution in [0.4, 0.5) is 5.13 Å². The van der Waals surface area contributed by atoms with Crippen molar-refractivity contribution >= 4 is 50.9 Å². The summed E-state index contributed by atoms with van der Waals surface area (Å²) < 4.78 is 5.46. The quantitative estimate of drug-likeness (QED) is 0.288. The molecule has 3 amide bonds. The Hall–Kier alpha value is -4.58. The van der Waals surface area contributed by atoms with Crippen LogP contribution in [0.15, 0.2) is 48.9 Å². The maximum atomic E-state index is 13.4. The molecule has 194 valence electrons. The van der Waals surface area contributed by atoms with E-state index in [0.29, 0.717) is 51.0 Å². The number of carbonyl (C=O) groups is 4. The zero-order valence-corrected chi connectivity index (χ0v) is 21.5. The fourth-order valence-electron chi connectivity index (χ4n) is 4.37. The molecule has 0 saturated carbocycles. The number of aromatic nitrogens is 3. The fourth-order valence-corrected chi connectivity index (χ4v) is 5.23. The van der Waals surface area contributed by atoms with Crippen molar-refractivity contribution in [1.29, 1.82) is 0 Å². The molecule has 38 heavy (non-hydrogen) atoms. The van der Waals surface area contributed by atoms with Gasteiger partial charge in [-0.25, -0.2) is 9.97 Å². The molecule has 4 heterocycles. The number of thiazole rings is 1. The Bertz CT molecular complexity index is 1540. The fraction of sp³-hybridized carbons (Fsp3) is 0.231. The highest BCUT2D eigenvalue weighted by molar-refractivity contribution is 7.19. The summed E-state index contributed by atoms with van der Waals surface area (Å²) in [7, 11) is 1.46. The molecule has 3 aromatic heterocycles. The number of amides is 3. The smallest absolute Gasteiger partial charge is 0.295 e. The number of carbonyl (C=O) groups excluding carboxylic acids is 4. The van der Waals surface area contributed by atoms with Crippen LogP contribution in [0.1, 0.15) is 27.6 Å². The van der Waals surface area contributed by atoms with Crippen molar-refractivity contribution in [2.75, 3.05) is 38.6 Å². The van der Waals surface area contributed by atoms with E-state index < -0.39 is 11.7 Å². The van der Waals surface area contributed by atoms with E-state index in [1.54, 1.807) is 35.4 Å². The molecule has 0 unspecified atom stereocenters. The van der Waals surface area contributed by atoms with Gasteiger partial charge in [0, 0.05) is 51.1 Å². The molecule has 1 aromatic carbocycles. The first-order valence-electron chi connectivity index (χ1n) is 11.8. The lowest BCUT2D eigenvalue weighted by molar-refractivity contribution is -0.127. The molecule has 2 N–H and O–H groups in total. The second-order valence-corrected chi connectivity index (χ2v) is 9.65. The van der Waals surface area contributed by atoms with Gasteiger partial charge in [-0.1, -0.05) is 29.5 Å². The van der Waals surface area contributed by atoms with E-state index in [1.165, 1.54) is 42.7 Å². The average molecular weight is 533 g/mol. The number of H-pyrrole nitrogens is 1. The summed E-state index contributed by atoms with van der Waals surface area (Å²) in [5.41, 5.74) is 1.77. The predicted molar refractivity (Wildman–Crippen MR) is 141 cm³/mol. The minimum absolute atomic E-state index is 0.102. The summed E-state index contributed by atoms with van der Waals surface area (Å²) in [6, 6.07) is 8.96. The van der Waals surface area contributed by atoms with E-state index in [9.17, 15) is 19.2 Å². The van der Waals surface area contributed by atoms with Gasteiger partial charge in [-0.2, -0.15) is 0 Å². The monoisotopic (exact) mass is 532 g/mol. The zero-order valence-electron chi connectivity index (χ0n) is 20.7. The molecule has 0 bridgehead atoms. The Morgan fingerprint density at radius 3 is 2.39 bits per heavy atom. The van der Waals surface area contributed by atoms with Crippen LogP contribution in [-0.4, -0.2) is 81.5 Å². The second kappa shape index (κ2) is 10.4. The van der Waals surface area contributed by atoms with Crippen LogP contribution in [0.25, 0.3) is 21.5 Å². The number of rotatable bonds is 6. The summed E-state index contributed by atoms with van der Waals surface area (Å²) in [4.78, 5) is 66.2. The van der Waals surface area contributed by atoms with Crippen molar-refractivity contribution in [3.63, 3.8) is 0 Å². The molecule has 0 atom stereocenters. The van der Waals surface area contributed by atoms with Crippen LogP contribution < -0.4 is 10.1 Å². The second-order valence-electron chi connectivity index (χ2n) is 8.62. The molecule has 12 heteroatoms. The zero-order chi connectivity index (χ0) is 26.8. The minimum Gasteiger partial charge on any atom is -0.494 e. The summed E-state index contributed by atoms with van der Waals surface area (Å²) in [6.07, 6.45) is 4.54. The van der Waals surface area contributed by atoms with Crippen molar-refractivity contribution in [2.45, 2.75) is 6.92 Å². The number of Topliss-reactive ketones (excluding diaryl/α,β-unsaturated/α-hetero) is 1. The molecule has 0 aliphatic carbocycles. The Balaban J connectivity index is 1.37. The maximum absolute atomic E-state index is 13.4. The van der Waals surface area contributed by atoms with Crippen molar-refractivity contribution in [3.8, 4) is 16.3 Å². The molecule has 5 rings (SSSR count). The van der Waals surface area contributed by atoms with Gasteiger partial charge in [0.2, 0.25) is 5.91 Å². The maximum Gasteiger partial charge on any atom is 0.295 e. The third-order valence-electron chi connectivity index (χ3n) is 6.23. The SMILES string of the molecule is COc1cnc(-c2cnc(NC(C)=O)s2)c2[nH]cc(C(=O)C(=O)N3CCN(C(=O)c4ccccc4)CC3)c12. The van der Waals surface area contributed by atoms with Gasteiger partial charge in [0.15, 0.2) is 5.13 Å². The first kappa shape index (κ1) is 25.1. The highest BCUT2D eigenvalue weighted by Crippen LogP contribution is 2.37. The number of anilines is 1. The topological polar surface area (TPSA) is 138 Å². The number of aromatic amines is 1. The molecule has 4 aromatic rings. The van der Waals surface area contributed by atoms with Crippen LogP contribution in [-0.2, 0) is 9.59 Å². The number of benzene rings is 1. The number of hydrogen-bond acceptors (Lipinski definition) is 8. The van der Waals surface area contributed by atoms with Crippen LogP contribution in [0.5, 0.6) is 5.75 Å². The molecule has 1 fully saturated rings. The molecule has 1 saturated heterocycles. The van der Waals surface area contributed by atoms with Gasteiger partial charge < -0.3 is 24.8 Å². The van der Waals surface area contributed by atoms with Crippen LogP contribution in [0.2, 0.25) is 0 Å². The largest absolute Gasteiger partial charge is 0.494 e. The lowest BCUT2D eigenvalue weighted by Crippen LogP contribution is -2.52. The molecule has 0 radical (unpaired) electrons. The molecule has 11 nitrogen and oxygen atoms in total. The van der Waals surface area contributed by atoms with E-state index in [0.717, 1.165) is 0 Å². The average Bonchev–Trinajstić information content (AvgIpc) is 3.59. The lowest BCUT2D eigenvalue weighted by atomic mass is 10.1. The number of methoxy groups -OCH3 is 1. The Labute approximate surface area is 221 Å². The summed E-state index contributed by atoms with van der Waals surface area (Å²) in [6.45, 7) is 2.57. The normalized spacial score (nSPS) is 13.4. The minimum atomic E-state index is -0.683. The number of piperazine rings is 1. The summed E-state index contributed by atoms with van der Waals surface area (Å²) >= 11 is 1.23. The molecule has 1 aliphatic heterocycles. The molecule has 0 spiro atoms. The van der Waals surface area contributed by atoms with Gasteiger partial charge >= 0.3 is 0 Å². The van der Waals surface area contributed by atoms with Crippen molar-refractivity contribution < 1.29 is 23.9 Å². The molecular weight excluding hydrogens is 508 g/mol. The van der Waals surface area contributed by atoms with E-state index >= 15 is 0 Å². The van der Waals surface area contributed by atoms with Crippen molar-refractivity contribution in [1.82, 2.24) is 24.8 Å². The number of ketones is 1. The number of pyridine rings is 1. The van der Waals surface area contributed by atoms with Crippen LogP contribution in [0.3, 0.4) is 0 Å². The number of ether oxygens (including phenoxy) is 1. The summed E-state index contributed by atoms with van der Waals surface area (Å²) in [5, 5.41) is 3.49. The highest BCUT2D eigenvalue weighted by atomic mass is 32.1.